The summed E-state index contributed by atoms with van der Waals surface area (Å²) in [5.41, 5.74) is 3.37. The van der Waals surface area contributed by atoms with Gasteiger partial charge < -0.3 is 9.88 Å². The number of carbonyl (C=O) groups excluding carboxylic acids is 1. The second-order valence-electron chi connectivity index (χ2n) is 6.16. The molecule has 2 aromatic rings. The van der Waals surface area contributed by atoms with E-state index in [1.165, 1.54) is 5.56 Å². The summed E-state index contributed by atoms with van der Waals surface area (Å²) < 4.78 is 0. The van der Waals surface area contributed by atoms with E-state index in [4.69, 9.17) is 0 Å². The Morgan fingerprint density at radius 3 is 2.83 bits per heavy atom. The molecule has 0 saturated carbocycles. The zero-order valence-corrected chi connectivity index (χ0v) is 13.7. The van der Waals surface area contributed by atoms with Crippen molar-refractivity contribution in [2.45, 2.75) is 46.1 Å². The third kappa shape index (κ3) is 2.91. The first-order valence-electron chi connectivity index (χ1n) is 7.93. The fourth-order valence-corrected chi connectivity index (χ4v) is 3.34. The van der Waals surface area contributed by atoms with Gasteiger partial charge in [0.05, 0.1) is 0 Å². The third-order valence-electron chi connectivity index (χ3n) is 4.41. The second-order valence-corrected chi connectivity index (χ2v) is 6.16. The van der Waals surface area contributed by atoms with Crippen molar-refractivity contribution in [1.82, 2.24) is 9.97 Å². The van der Waals surface area contributed by atoms with E-state index in [2.05, 4.69) is 23.0 Å². The molecule has 23 heavy (non-hydrogen) atoms. The van der Waals surface area contributed by atoms with E-state index in [0.717, 1.165) is 12.1 Å². The summed E-state index contributed by atoms with van der Waals surface area (Å²) in [4.78, 5) is 33.6. The van der Waals surface area contributed by atoms with Crippen molar-refractivity contribution >= 4 is 11.6 Å². The van der Waals surface area contributed by atoms with E-state index in [0.29, 0.717) is 29.9 Å². The number of aromatic amines is 1. The Labute approximate surface area is 135 Å². The first-order valence-corrected chi connectivity index (χ1v) is 7.93. The summed E-state index contributed by atoms with van der Waals surface area (Å²) in [6, 6.07) is 8.17. The number of carbonyl (C=O) groups is 1. The smallest absolute Gasteiger partial charge is 0.254 e. The summed E-state index contributed by atoms with van der Waals surface area (Å²) in [6.45, 7) is 5.63. The minimum atomic E-state index is -0.141. The molecule has 1 aromatic heterocycles. The molecule has 5 nitrogen and oxygen atoms in total. The SMILES string of the molecule is Cc1nc(C)c(CCC(=O)N2c3ccccc3C[C@H]2C)c(=O)[nH]1. The van der Waals surface area contributed by atoms with E-state index >= 15 is 0 Å². The maximum Gasteiger partial charge on any atom is 0.254 e. The normalized spacial score (nSPS) is 16.5. The Balaban J connectivity index is 1.77. The third-order valence-corrected chi connectivity index (χ3v) is 4.41. The summed E-state index contributed by atoms with van der Waals surface area (Å²) in [5.74, 6) is 0.659. The number of aromatic nitrogens is 2. The van der Waals surface area contributed by atoms with Crippen molar-refractivity contribution in [3.05, 3.63) is 57.3 Å². The molecule has 5 heteroatoms. The van der Waals surface area contributed by atoms with Gasteiger partial charge in [0.25, 0.3) is 5.56 Å². The monoisotopic (exact) mass is 311 g/mol. The van der Waals surface area contributed by atoms with Gasteiger partial charge in [0.15, 0.2) is 0 Å². The lowest BCUT2D eigenvalue weighted by molar-refractivity contribution is -0.118. The highest BCUT2D eigenvalue weighted by Gasteiger charge is 2.30. The lowest BCUT2D eigenvalue weighted by Gasteiger charge is -2.22. The number of rotatable bonds is 3. The van der Waals surface area contributed by atoms with Gasteiger partial charge in [0.1, 0.15) is 5.82 Å². The van der Waals surface area contributed by atoms with Gasteiger partial charge in [0.2, 0.25) is 5.91 Å². The van der Waals surface area contributed by atoms with Crippen LogP contribution in [0.25, 0.3) is 0 Å². The largest absolute Gasteiger partial charge is 0.311 e. The van der Waals surface area contributed by atoms with Crippen LogP contribution in [0.3, 0.4) is 0 Å². The zero-order valence-electron chi connectivity index (χ0n) is 13.7. The van der Waals surface area contributed by atoms with Gasteiger partial charge in [0, 0.05) is 29.4 Å². The number of nitrogens with zero attached hydrogens (tertiary/aromatic N) is 2. The number of hydrogen-bond acceptors (Lipinski definition) is 3. The number of nitrogens with one attached hydrogen (secondary N) is 1. The Kier molecular flexibility index (Phi) is 4.03. The number of para-hydroxylation sites is 1. The molecule has 1 aromatic carbocycles. The summed E-state index contributed by atoms with van der Waals surface area (Å²) in [7, 11) is 0. The van der Waals surface area contributed by atoms with Crippen LogP contribution in [-0.2, 0) is 17.6 Å². The molecule has 120 valence electrons. The average Bonchev–Trinajstić information content (AvgIpc) is 2.81. The molecule has 1 atom stereocenters. The molecule has 0 saturated heterocycles. The summed E-state index contributed by atoms with van der Waals surface area (Å²) in [6.07, 6.45) is 1.61. The second kappa shape index (κ2) is 5.99. The average molecular weight is 311 g/mol. The maximum atomic E-state index is 12.7. The van der Waals surface area contributed by atoms with Crippen LogP contribution in [0.1, 0.15) is 36.0 Å². The number of hydrogen-bond donors (Lipinski definition) is 1. The number of aryl methyl sites for hydroxylation is 2. The van der Waals surface area contributed by atoms with Gasteiger partial charge in [-0.1, -0.05) is 18.2 Å². The number of fused-ring (bicyclic) bond motifs is 1. The van der Waals surface area contributed by atoms with Crippen LogP contribution in [-0.4, -0.2) is 21.9 Å². The van der Waals surface area contributed by atoms with Crippen LogP contribution in [0.15, 0.2) is 29.1 Å². The van der Waals surface area contributed by atoms with Crippen molar-refractivity contribution < 1.29 is 4.79 Å². The lowest BCUT2D eigenvalue weighted by atomic mass is 10.1. The first kappa shape index (κ1) is 15.5. The highest BCUT2D eigenvalue weighted by Crippen LogP contribution is 2.32. The van der Waals surface area contributed by atoms with E-state index in [1.54, 1.807) is 6.92 Å². The maximum absolute atomic E-state index is 12.7. The fourth-order valence-electron chi connectivity index (χ4n) is 3.34. The van der Waals surface area contributed by atoms with Crippen LogP contribution in [0, 0.1) is 13.8 Å². The molecule has 0 bridgehead atoms. The van der Waals surface area contributed by atoms with Crippen LogP contribution < -0.4 is 10.5 Å². The number of anilines is 1. The summed E-state index contributed by atoms with van der Waals surface area (Å²) in [5, 5.41) is 0. The minimum absolute atomic E-state index is 0.0572. The first-order chi connectivity index (χ1) is 11.0. The van der Waals surface area contributed by atoms with Crippen LogP contribution >= 0.6 is 0 Å². The van der Waals surface area contributed by atoms with Gasteiger partial charge in [-0.15, -0.1) is 0 Å². The Morgan fingerprint density at radius 1 is 1.35 bits per heavy atom. The molecule has 2 heterocycles. The molecule has 3 rings (SSSR count). The molecule has 0 radical (unpaired) electrons. The molecular weight excluding hydrogens is 290 g/mol. The Bertz CT molecular complexity index is 810. The van der Waals surface area contributed by atoms with Gasteiger partial charge in [-0.05, 0) is 45.2 Å². The molecule has 0 spiro atoms. The predicted molar refractivity (Wildman–Crippen MR) is 89.7 cm³/mol. The fraction of sp³-hybridized carbons (Fsp3) is 0.389. The molecular formula is C18H21N3O2. The van der Waals surface area contributed by atoms with E-state index < -0.39 is 0 Å². The topological polar surface area (TPSA) is 66.1 Å². The molecule has 0 aliphatic carbocycles. The predicted octanol–water partition coefficient (Wildman–Crippen LogP) is 2.30. The Hall–Kier alpha value is -2.43. The summed E-state index contributed by atoms with van der Waals surface area (Å²) >= 11 is 0. The standard InChI is InChI=1S/C18H21N3O2/c1-11-10-14-6-4-5-7-16(14)21(11)17(22)9-8-15-12(2)19-13(3)20-18(15)23/h4-7,11H,8-10H2,1-3H3,(H,19,20,23)/t11-/m1/s1. The molecule has 1 aliphatic rings. The van der Waals surface area contributed by atoms with Crippen LogP contribution in [0.2, 0.25) is 0 Å². The highest BCUT2D eigenvalue weighted by molar-refractivity contribution is 5.96. The zero-order chi connectivity index (χ0) is 16.6. The molecule has 1 N–H and O–H groups in total. The van der Waals surface area contributed by atoms with Crippen molar-refractivity contribution in [2.24, 2.45) is 0 Å². The van der Waals surface area contributed by atoms with E-state index in [-0.39, 0.29) is 17.5 Å². The van der Waals surface area contributed by atoms with Crippen molar-refractivity contribution in [2.75, 3.05) is 4.90 Å². The number of benzene rings is 1. The number of H-pyrrole nitrogens is 1. The quantitative estimate of drug-likeness (QED) is 0.946. The van der Waals surface area contributed by atoms with Gasteiger partial charge in [-0.25, -0.2) is 4.98 Å². The van der Waals surface area contributed by atoms with Gasteiger partial charge >= 0.3 is 0 Å². The van der Waals surface area contributed by atoms with Crippen LogP contribution in [0.5, 0.6) is 0 Å². The minimum Gasteiger partial charge on any atom is -0.311 e. The van der Waals surface area contributed by atoms with E-state index in [1.807, 2.05) is 30.0 Å². The van der Waals surface area contributed by atoms with Gasteiger partial charge in [-0.2, -0.15) is 0 Å². The highest BCUT2D eigenvalue weighted by atomic mass is 16.2. The molecule has 0 unspecified atom stereocenters. The van der Waals surface area contributed by atoms with Crippen molar-refractivity contribution in [3.8, 4) is 0 Å². The van der Waals surface area contributed by atoms with Crippen LogP contribution in [0.4, 0.5) is 5.69 Å². The van der Waals surface area contributed by atoms with Crippen molar-refractivity contribution in [1.29, 1.82) is 0 Å². The molecule has 1 amide bonds. The van der Waals surface area contributed by atoms with Crippen molar-refractivity contribution in [3.63, 3.8) is 0 Å². The molecule has 1 aliphatic heterocycles. The van der Waals surface area contributed by atoms with E-state index in [9.17, 15) is 9.59 Å². The molecule has 0 fully saturated rings. The number of amides is 1. The Morgan fingerprint density at radius 2 is 2.09 bits per heavy atom. The lowest BCUT2D eigenvalue weighted by Crippen LogP contribution is -2.36. The van der Waals surface area contributed by atoms with Gasteiger partial charge in [-0.3, -0.25) is 9.59 Å².